The van der Waals surface area contributed by atoms with Gasteiger partial charge in [-0.1, -0.05) is 37.2 Å². The van der Waals surface area contributed by atoms with Gasteiger partial charge in [0, 0.05) is 32.3 Å². The summed E-state index contributed by atoms with van der Waals surface area (Å²) in [7, 11) is 5.44. The lowest BCUT2D eigenvalue weighted by molar-refractivity contribution is 0.367. The molecule has 25 heavy (non-hydrogen) atoms. The zero-order chi connectivity index (χ0) is 17.5. The predicted molar refractivity (Wildman–Crippen MR) is 111 cm³/mol. The van der Waals surface area contributed by atoms with Crippen LogP contribution in [0, 0.1) is 0 Å². The normalized spacial score (nSPS) is 11.2. The van der Waals surface area contributed by atoms with Gasteiger partial charge in [0.1, 0.15) is 5.75 Å². The topological polar surface area (TPSA) is 62.9 Å². The maximum Gasteiger partial charge on any atom is 0.194 e. The minimum atomic E-state index is 0. The van der Waals surface area contributed by atoms with Gasteiger partial charge in [-0.2, -0.15) is 0 Å². The highest BCUT2D eigenvalue weighted by molar-refractivity contribution is 14.0. The van der Waals surface area contributed by atoms with Crippen molar-refractivity contribution in [2.75, 3.05) is 21.2 Å². The van der Waals surface area contributed by atoms with Crippen LogP contribution in [0.25, 0.3) is 0 Å². The molecule has 7 heteroatoms. The molecule has 1 heterocycles. The zero-order valence-electron chi connectivity index (χ0n) is 15.4. The van der Waals surface area contributed by atoms with Crippen LogP contribution in [-0.4, -0.2) is 37.2 Å². The van der Waals surface area contributed by atoms with E-state index in [0.717, 1.165) is 28.7 Å². The maximum atomic E-state index is 5.40. The van der Waals surface area contributed by atoms with Gasteiger partial charge < -0.3 is 19.5 Å². The summed E-state index contributed by atoms with van der Waals surface area (Å²) in [5.74, 6) is 2.81. The molecule has 2 aromatic rings. The van der Waals surface area contributed by atoms with Crippen molar-refractivity contribution in [2.45, 2.75) is 32.9 Å². The van der Waals surface area contributed by atoms with Crippen LogP contribution in [0.3, 0.4) is 0 Å². The lowest BCUT2D eigenvalue weighted by Gasteiger charge is -2.22. The van der Waals surface area contributed by atoms with Gasteiger partial charge in [0.05, 0.1) is 19.3 Å². The number of aromatic nitrogens is 1. The Kier molecular flexibility index (Phi) is 8.74. The molecule has 0 aliphatic carbocycles. The Balaban J connectivity index is 0.00000312. The molecule has 0 amide bonds. The Morgan fingerprint density at radius 2 is 2.08 bits per heavy atom. The molecular weight excluding hydrogens is 431 g/mol. The molecule has 1 N–H and O–H groups in total. The van der Waals surface area contributed by atoms with Gasteiger partial charge in [0.25, 0.3) is 0 Å². The van der Waals surface area contributed by atoms with Gasteiger partial charge in [-0.05, 0) is 12.0 Å². The second-order valence-corrected chi connectivity index (χ2v) is 5.94. The van der Waals surface area contributed by atoms with Crippen LogP contribution in [0.2, 0.25) is 0 Å². The van der Waals surface area contributed by atoms with Gasteiger partial charge in [0.15, 0.2) is 11.7 Å². The average Bonchev–Trinajstić information content (AvgIpc) is 3.05. The fourth-order valence-corrected chi connectivity index (χ4v) is 2.40. The first-order valence-electron chi connectivity index (χ1n) is 8.04. The van der Waals surface area contributed by atoms with E-state index in [9.17, 15) is 0 Å². The van der Waals surface area contributed by atoms with Gasteiger partial charge >= 0.3 is 0 Å². The molecule has 0 saturated heterocycles. The highest BCUT2D eigenvalue weighted by Crippen LogP contribution is 2.19. The molecule has 0 spiro atoms. The molecule has 138 valence electrons. The van der Waals surface area contributed by atoms with E-state index in [-0.39, 0.29) is 24.0 Å². The number of ether oxygens (including phenoxy) is 1. The number of nitrogens with zero attached hydrogens (tertiary/aromatic N) is 3. The Morgan fingerprint density at radius 3 is 2.68 bits per heavy atom. The number of guanidine groups is 1. The summed E-state index contributed by atoms with van der Waals surface area (Å²) in [6, 6.07) is 9.95. The molecule has 0 saturated carbocycles. The number of hydrogen-bond donors (Lipinski definition) is 1. The van der Waals surface area contributed by atoms with Crippen LogP contribution in [-0.2, 0) is 13.1 Å². The smallest absolute Gasteiger partial charge is 0.194 e. The first kappa shape index (κ1) is 21.3. The highest BCUT2D eigenvalue weighted by atomic mass is 127. The fraction of sp³-hybridized carbons (Fsp3) is 0.444. The minimum Gasteiger partial charge on any atom is -0.496 e. The highest BCUT2D eigenvalue weighted by Gasteiger charge is 2.12. The summed E-state index contributed by atoms with van der Waals surface area (Å²) >= 11 is 0. The summed E-state index contributed by atoms with van der Waals surface area (Å²) < 4.78 is 10.8. The van der Waals surface area contributed by atoms with Crippen LogP contribution < -0.4 is 10.1 Å². The Bertz CT molecular complexity index is 685. The van der Waals surface area contributed by atoms with E-state index in [1.807, 2.05) is 42.3 Å². The quantitative estimate of drug-likeness (QED) is 0.407. The van der Waals surface area contributed by atoms with Crippen molar-refractivity contribution < 1.29 is 9.26 Å². The summed E-state index contributed by atoms with van der Waals surface area (Å²) in [6.45, 7) is 5.42. The largest absolute Gasteiger partial charge is 0.496 e. The van der Waals surface area contributed by atoms with Crippen molar-refractivity contribution >= 4 is 29.9 Å². The fourth-order valence-electron chi connectivity index (χ4n) is 2.40. The molecule has 0 atom stereocenters. The molecule has 0 bridgehead atoms. The number of nitrogens with one attached hydrogen (secondary N) is 1. The third-order valence-electron chi connectivity index (χ3n) is 3.76. The van der Waals surface area contributed by atoms with Crippen LogP contribution >= 0.6 is 24.0 Å². The maximum absolute atomic E-state index is 5.40. The third kappa shape index (κ3) is 5.91. The second-order valence-electron chi connectivity index (χ2n) is 5.94. The standard InChI is InChI=1S/C18H26N4O2.HI/c1-13(2)16-10-15(24-21-16)11-20-18(19-3)22(4)12-14-8-6-7-9-17(14)23-5;/h6-10,13H,11-12H2,1-5H3,(H,19,20);1H. The van der Waals surface area contributed by atoms with E-state index in [2.05, 4.69) is 29.3 Å². The van der Waals surface area contributed by atoms with E-state index in [1.165, 1.54) is 0 Å². The third-order valence-corrected chi connectivity index (χ3v) is 3.76. The lowest BCUT2D eigenvalue weighted by atomic mass is 10.1. The summed E-state index contributed by atoms with van der Waals surface area (Å²) in [5.41, 5.74) is 2.07. The monoisotopic (exact) mass is 458 g/mol. The van der Waals surface area contributed by atoms with Crippen molar-refractivity contribution in [1.82, 2.24) is 15.4 Å². The molecule has 6 nitrogen and oxygen atoms in total. The first-order valence-corrected chi connectivity index (χ1v) is 8.04. The number of aliphatic imine (C=N–C) groups is 1. The van der Waals surface area contributed by atoms with Crippen molar-refractivity contribution in [3.8, 4) is 5.75 Å². The van der Waals surface area contributed by atoms with Crippen molar-refractivity contribution in [3.63, 3.8) is 0 Å². The summed E-state index contributed by atoms with van der Waals surface area (Å²) in [6.07, 6.45) is 0. The van der Waals surface area contributed by atoms with Gasteiger partial charge in [-0.3, -0.25) is 4.99 Å². The van der Waals surface area contributed by atoms with Gasteiger partial charge in [-0.15, -0.1) is 24.0 Å². The zero-order valence-corrected chi connectivity index (χ0v) is 17.8. The summed E-state index contributed by atoms with van der Waals surface area (Å²) in [4.78, 5) is 6.36. The van der Waals surface area contributed by atoms with Crippen molar-refractivity contribution in [3.05, 3.63) is 47.3 Å². The van der Waals surface area contributed by atoms with E-state index < -0.39 is 0 Å². The number of hydrogen-bond acceptors (Lipinski definition) is 4. The predicted octanol–water partition coefficient (Wildman–Crippen LogP) is 3.63. The molecule has 0 aliphatic rings. The van der Waals surface area contributed by atoms with Crippen molar-refractivity contribution in [1.29, 1.82) is 0 Å². The molecule has 1 aromatic carbocycles. The van der Waals surface area contributed by atoms with Gasteiger partial charge in [-0.25, -0.2) is 0 Å². The molecule has 0 fully saturated rings. The Morgan fingerprint density at radius 1 is 1.36 bits per heavy atom. The molecule has 0 unspecified atom stereocenters. The molecule has 0 radical (unpaired) electrons. The van der Waals surface area contributed by atoms with Crippen molar-refractivity contribution in [2.24, 2.45) is 4.99 Å². The molecular formula is C18H27IN4O2. The van der Waals surface area contributed by atoms with Crippen LogP contribution in [0.1, 0.15) is 36.8 Å². The SMILES string of the molecule is CN=C(NCc1cc(C(C)C)no1)N(C)Cc1ccccc1OC.I. The number of methoxy groups -OCH3 is 1. The number of para-hydroxylation sites is 1. The molecule has 2 rings (SSSR count). The molecule has 0 aliphatic heterocycles. The number of halogens is 1. The van der Waals surface area contributed by atoms with Crippen LogP contribution in [0.15, 0.2) is 39.8 Å². The van der Waals surface area contributed by atoms with E-state index >= 15 is 0 Å². The van der Waals surface area contributed by atoms with E-state index in [1.54, 1.807) is 14.2 Å². The van der Waals surface area contributed by atoms with E-state index in [0.29, 0.717) is 19.0 Å². The van der Waals surface area contributed by atoms with Gasteiger partial charge in [0.2, 0.25) is 0 Å². The Hall–Kier alpha value is -1.77. The molecule has 1 aromatic heterocycles. The summed E-state index contributed by atoms with van der Waals surface area (Å²) in [5, 5.41) is 7.37. The van der Waals surface area contributed by atoms with Crippen LogP contribution in [0.4, 0.5) is 0 Å². The Labute approximate surface area is 166 Å². The number of benzene rings is 1. The lowest BCUT2D eigenvalue weighted by Crippen LogP contribution is -2.38. The first-order chi connectivity index (χ1) is 11.5. The van der Waals surface area contributed by atoms with E-state index in [4.69, 9.17) is 9.26 Å². The number of rotatable bonds is 6. The minimum absolute atomic E-state index is 0. The second kappa shape index (κ2) is 10.3. The average molecular weight is 458 g/mol. The van der Waals surface area contributed by atoms with Crippen LogP contribution in [0.5, 0.6) is 5.75 Å².